The molecule has 12 heteroatoms. The first-order valence-electron chi connectivity index (χ1n) is 16.8. The maximum Gasteiger partial charge on any atom is 0.407 e. The molecule has 49 heavy (non-hydrogen) atoms. The van der Waals surface area contributed by atoms with Crippen molar-refractivity contribution >= 4 is 46.8 Å². The number of amides is 5. The molecular formula is C37H44N6O6. The molecule has 2 heterocycles. The van der Waals surface area contributed by atoms with Gasteiger partial charge in [0.05, 0.1) is 13.5 Å². The minimum atomic E-state index is -0.776. The molecule has 5 rings (SSSR count). The summed E-state index contributed by atoms with van der Waals surface area (Å²) in [5.41, 5.74) is 3.46. The minimum Gasteiger partial charge on any atom is -0.453 e. The molecule has 4 N–H and O–H groups in total. The summed E-state index contributed by atoms with van der Waals surface area (Å²) >= 11 is 0. The second-order valence-corrected chi connectivity index (χ2v) is 12.3. The first kappa shape index (κ1) is 34.9. The van der Waals surface area contributed by atoms with E-state index in [0.29, 0.717) is 55.7 Å². The van der Waals surface area contributed by atoms with Gasteiger partial charge in [-0.25, -0.2) is 4.79 Å². The van der Waals surface area contributed by atoms with Gasteiger partial charge in [0.2, 0.25) is 17.7 Å². The average Bonchev–Trinajstić information content (AvgIpc) is 3.81. The minimum absolute atomic E-state index is 0.121. The van der Waals surface area contributed by atoms with Gasteiger partial charge in [-0.2, -0.15) is 0 Å². The summed E-state index contributed by atoms with van der Waals surface area (Å²) in [4.78, 5) is 67.2. The zero-order valence-corrected chi connectivity index (χ0v) is 27.9. The molecule has 2 aliphatic heterocycles. The molecule has 0 spiro atoms. The van der Waals surface area contributed by atoms with Gasteiger partial charge in [-0.05, 0) is 86.2 Å². The number of anilines is 3. The molecule has 0 radical (unpaired) electrons. The van der Waals surface area contributed by atoms with Crippen LogP contribution in [-0.4, -0.2) is 84.4 Å². The van der Waals surface area contributed by atoms with Crippen LogP contribution < -0.4 is 21.3 Å². The standard InChI is InChI=1S/C37H44N6O6/c1-3-31(41-37(48)49-2)36(47)43-22-8-12-32(43)35(46)40-29-19-17-28(18-20-29)39-34(45)26-13-15-27(16-14-26)38-24-30-11-7-21-42(30)33(44)23-25-9-5-4-6-10-25/h4-6,9-10,13-20,30-32,38H,3,7-8,11-12,21-24H2,1-2H3,(H,39,45)(H,40,46)(H,41,48). The van der Waals surface area contributed by atoms with E-state index in [4.69, 9.17) is 0 Å². The van der Waals surface area contributed by atoms with E-state index >= 15 is 0 Å². The van der Waals surface area contributed by atoms with Crippen LogP contribution in [0, 0.1) is 0 Å². The molecule has 2 fully saturated rings. The van der Waals surface area contributed by atoms with Crippen LogP contribution in [0.3, 0.4) is 0 Å². The first-order chi connectivity index (χ1) is 23.7. The Balaban J connectivity index is 1.09. The van der Waals surface area contributed by atoms with Crippen LogP contribution in [0.15, 0.2) is 78.9 Å². The zero-order valence-electron chi connectivity index (χ0n) is 27.9. The average molecular weight is 669 g/mol. The molecule has 0 aromatic heterocycles. The van der Waals surface area contributed by atoms with Crippen LogP contribution in [0.1, 0.15) is 54.9 Å². The number of alkyl carbamates (subject to hydrolysis) is 1. The van der Waals surface area contributed by atoms with E-state index in [9.17, 15) is 24.0 Å². The molecule has 0 aliphatic carbocycles. The number of hydrogen-bond acceptors (Lipinski definition) is 7. The molecule has 3 aromatic rings. The van der Waals surface area contributed by atoms with Crippen molar-refractivity contribution in [2.24, 2.45) is 0 Å². The number of benzene rings is 3. The summed E-state index contributed by atoms with van der Waals surface area (Å²) in [5.74, 6) is -0.771. The Bertz CT molecular complexity index is 1610. The van der Waals surface area contributed by atoms with E-state index in [-0.39, 0.29) is 29.7 Å². The Morgan fingerprint density at radius 3 is 2.10 bits per heavy atom. The smallest absolute Gasteiger partial charge is 0.407 e. The number of hydrogen-bond donors (Lipinski definition) is 4. The van der Waals surface area contributed by atoms with E-state index in [2.05, 4.69) is 26.0 Å². The normalized spacial score (nSPS) is 17.6. The van der Waals surface area contributed by atoms with Crippen LogP contribution in [0.25, 0.3) is 0 Å². The maximum absolute atomic E-state index is 13.1. The number of methoxy groups -OCH3 is 1. The summed E-state index contributed by atoms with van der Waals surface area (Å²) < 4.78 is 4.62. The van der Waals surface area contributed by atoms with Gasteiger partial charge in [0.15, 0.2) is 0 Å². The van der Waals surface area contributed by atoms with Gasteiger partial charge in [0.25, 0.3) is 5.91 Å². The van der Waals surface area contributed by atoms with Crippen molar-refractivity contribution < 1.29 is 28.7 Å². The highest BCUT2D eigenvalue weighted by Crippen LogP contribution is 2.23. The van der Waals surface area contributed by atoms with Crippen LogP contribution >= 0.6 is 0 Å². The number of rotatable bonds is 12. The largest absolute Gasteiger partial charge is 0.453 e. The molecule has 2 aliphatic rings. The lowest BCUT2D eigenvalue weighted by molar-refractivity contribution is -0.138. The lowest BCUT2D eigenvalue weighted by Gasteiger charge is -2.28. The van der Waals surface area contributed by atoms with E-state index in [1.807, 2.05) is 47.4 Å². The van der Waals surface area contributed by atoms with Crippen LogP contribution in [-0.2, 0) is 25.5 Å². The topological polar surface area (TPSA) is 149 Å². The number of carbonyl (C=O) groups is 5. The van der Waals surface area contributed by atoms with Gasteiger partial charge in [0.1, 0.15) is 12.1 Å². The van der Waals surface area contributed by atoms with Crippen LogP contribution in [0.5, 0.6) is 0 Å². The molecule has 12 nitrogen and oxygen atoms in total. The summed E-state index contributed by atoms with van der Waals surface area (Å²) in [6, 6.07) is 22.4. The Morgan fingerprint density at radius 1 is 0.796 bits per heavy atom. The molecule has 3 unspecified atom stereocenters. The molecule has 5 amide bonds. The summed E-state index contributed by atoms with van der Waals surface area (Å²) in [5, 5.41) is 11.7. The number of ether oxygens (including phenoxy) is 1. The monoisotopic (exact) mass is 668 g/mol. The lowest BCUT2D eigenvalue weighted by atomic mass is 10.1. The Labute approximate surface area is 286 Å². The Kier molecular flexibility index (Phi) is 11.9. The molecule has 258 valence electrons. The van der Waals surface area contributed by atoms with Gasteiger partial charge in [-0.15, -0.1) is 0 Å². The first-order valence-corrected chi connectivity index (χ1v) is 16.8. The maximum atomic E-state index is 13.1. The van der Waals surface area contributed by atoms with Gasteiger partial charge in [0, 0.05) is 48.3 Å². The fourth-order valence-corrected chi connectivity index (χ4v) is 6.33. The fourth-order valence-electron chi connectivity index (χ4n) is 6.33. The highest BCUT2D eigenvalue weighted by molar-refractivity contribution is 6.04. The highest BCUT2D eigenvalue weighted by atomic mass is 16.5. The second-order valence-electron chi connectivity index (χ2n) is 12.3. The third kappa shape index (κ3) is 9.16. The van der Waals surface area contributed by atoms with Crippen molar-refractivity contribution in [2.75, 3.05) is 42.7 Å². The molecule has 0 saturated carbocycles. The molecule has 0 bridgehead atoms. The number of carbonyl (C=O) groups excluding carboxylic acids is 5. The van der Waals surface area contributed by atoms with Gasteiger partial charge in [-0.3, -0.25) is 19.2 Å². The highest BCUT2D eigenvalue weighted by Gasteiger charge is 2.37. The second kappa shape index (κ2) is 16.6. The van der Waals surface area contributed by atoms with Gasteiger partial charge in [-0.1, -0.05) is 37.3 Å². The fraction of sp³-hybridized carbons (Fsp3) is 0.378. The predicted molar refractivity (Wildman–Crippen MR) is 187 cm³/mol. The van der Waals surface area contributed by atoms with E-state index in [1.165, 1.54) is 12.0 Å². The molecule has 3 aromatic carbocycles. The van der Waals surface area contributed by atoms with E-state index in [1.54, 1.807) is 43.3 Å². The van der Waals surface area contributed by atoms with E-state index in [0.717, 1.165) is 30.6 Å². The summed E-state index contributed by atoms with van der Waals surface area (Å²) in [6.07, 6.45) is 3.20. The van der Waals surface area contributed by atoms with Crippen LogP contribution in [0.2, 0.25) is 0 Å². The van der Waals surface area contributed by atoms with Crippen molar-refractivity contribution in [2.45, 2.75) is 63.6 Å². The summed E-state index contributed by atoms with van der Waals surface area (Å²) in [7, 11) is 1.23. The van der Waals surface area contributed by atoms with Crippen molar-refractivity contribution in [1.29, 1.82) is 0 Å². The number of nitrogens with zero attached hydrogens (tertiary/aromatic N) is 2. The Morgan fingerprint density at radius 2 is 1.43 bits per heavy atom. The quantitative estimate of drug-likeness (QED) is 0.220. The van der Waals surface area contributed by atoms with E-state index < -0.39 is 18.2 Å². The molecular weight excluding hydrogens is 624 g/mol. The van der Waals surface area contributed by atoms with Crippen molar-refractivity contribution in [3.05, 3.63) is 90.0 Å². The Hall–Kier alpha value is -5.39. The van der Waals surface area contributed by atoms with Crippen molar-refractivity contribution in [3.8, 4) is 0 Å². The summed E-state index contributed by atoms with van der Waals surface area (Å²) in [6.45, 7) is 3.60. The third-order valence-corrected chi connectivity index (χ3v) is 9.02. The van der Waals surface area contributed by atoms with Crippen LogP contribution in [0.4, 0.5) is 21.9 Å². The van der Waals surface area contributed by atoms with Gasteiger partial charge < -0.3 is 35.8 Å². The number of nitrogens with one attached hydrogen (secondary N) is 4. The SMILES string of the molecule is CCC(NC(=O)OC)C(=O)N1CCCC1C(=O)Nc1ccc(NC(=O)c2ccc(NCC3CCCN3C(=O)Cc3ccccc3)cc2)cc1. The zero-order chi connectivity index (χ0) is 34.8. The van der Waals surface area contributed by atoms with Crippen molar-refractivity contribution in [3.63, 3.8) is 0 Å². The van der Waals surface area contributed by atoms with Crippen molar-refractivity contribution in [1.82, 2.24) is 15.1 Å². The number of likely N-dealkylation sites (tertiary alicyclic amines) is 2. The molecule has 2 saturated heterocycles. The third-order valence-electron chi connectivity index (χ3n) is 9.02. The van der Waals surface area contributed by atoms with Gasteiger partial charge >= 0.3 is 6.09 Å². The lowest BCUT2D eigenvalue weighted by Crippen LogP contribution is -2.52. The molecule has 3 atom stereocenters. The predicted octanol–water partition coefficient (Wildman–Crippen LogP) is 4.65.